The Kier molecular flexibility index (Phi) is 6.25. The number of aryl methyl sites for hydroxylation is 2. The summed E-state index contributed by atoms with van der Waals surface area (Å²) in [6, 6.07) is 18.8. The first-order chi connectivity index (χ1) is 13.8. The molecule has 0 radical (unpaired) electrons. The number of benzene rings is 3. The first kappa shape index (κ1) is 20.9. The second kappa shape index (κ2) is 8.68. The van der Waals surface area contributed by atoms with Gasteiger partial charge >= 0.3 is 0 Å². The zero-order valence-electron chi connectivity index (χ0n) is 16.1. The van der Waals surface area contributed by atoms with Gasteiger partial charge in [-0.2, -0.15) is 0 Å². The van der Waals surface area contributed by atoms with Gasteiger partial charge in [-0.3, -0.25) is 9.52 Å². The molecule has 29 heavy (non-hydrogen) atoms. The number of sulfonamides is 1. The van der Waals surface area contributed by atoms with Crippen molar-refractivity contribution in [3.8, 4) is 0 Å². The Morgan fingerprint density at radius 3 is 2.45 bits per heavy atom. The average molecular weight is 429 g/mol. The zero-order valence-corrected chi connectivity index (χ0v) is 17.6. The molecule has 0 aliphatic heterocycles. The normalized spacial score (nSPS) is 11.1. The quantitative estimate of drug-likeness (QED) is 0.598. The summed E-state index contributed by atoms with van der Waals surface area (Å²) >= 11 is 6.16. The summed E-state index contributed by atoms with van der Waals surface area (Å²) in [5, 5.41) is 2.98. The van der Waals surface area contributed by atoms with Crippen LogP contribution in [0.1, 0.15) is 27.0 Å². The van der Waals surface area contributed by atoms with Crippen molar-refractivity contribution in [2.45, 2.75) is 25.3 Å². The fraction of sp³-hybridized carbons (Fsp3) is 0.136. The summed E-state index contributed by atoms with van der Waals surface area (Å²) in [6.45, 7) is 4.15. The second-order valence-electron chi connectivity index (χ2n) is 6.73. The van der Waals surface area contributed by atoms with Crippen LogP contribution in [0.5, 0.6) is 0 Å². The van der Waals surface area contributed by atoms with Crippen molar-refractivity contribution >= 4 is 33.2 Å². The van der Waals surface area contributed by atoms with Gasteiger partial charge in [0.05, 0.1) is 15.5 Å². The molecule has 3 aromatic rings. The van der Waals surface area contributed by atoms with E-state index < -0.39 is 15.9 Å². The van der Waals surface area contributed by atoms with Crippen LogP contribution in [-0.4, -0.2) is 14.3 Å². The molecule has 0 heterocycles. The molecule has 0 spiro atoms. The predicted molar refractivity (Wildman–Crippen MR) is 116 cm³/mol. The highest BCUT2D eigenvalue weighted by atomic mass is 35.5. The number of hydrogen-bond donors (Lipinski definition) is 2. The molecule has 0 unspecified atom stereocenters. The van der Waals surface area contributed by atoms with E-state index in [-0.39, 0.29) is 15.5 Å². The number of anilines is 1. The lowest BCUT2D eigenvalue weighted by atomic mass is 10.1. The summed E-state index contributed by atoms with van der Waals surface area (Å²) in [6.07, 6.45) is 0. The van der Waals surface area contributed by atoms with Crippen LogP contribution >= 0.6 is 11.6 Å². The van der Waals surface area contributed by atoms with Crippen LogP contribution in [0.3, 0.4) is 0 Å². The summed E-state index contributed by atoms with van der Waals surface area (Å²) in [4.78, 5) is 12.6. The minimum absolute atomic E-state index is 0.0375. The van der Waals surface area contributed by atoms with E-state index in [2.05, 4.69) is 10.0 Å². The van der Waals surface area contributed by atoms with E-state index in [0.717, 1.165) is 16.7 Å². The van der Waals surface area contributed by atoms with Gasteiger partial charge in [0.2, 0.25) is 0 Å². The van der Waals surface area contributed by atoms with Crippen molar-refractivity contribution in [3.05, 3.63) is 94.0 Å². The molecule has 3 rings (SSSR count). The summed E-state index contributed by atoms with van der Waals surface area (Å²) in [7, 11) is -3.87. The SMILES string of the molecule is Cc1cccc(NS(=O)(=O)c2ccc(Cl)c(C(=O)NCc3ccccc3C)c2)c1. The van der Waals surface area contributed by atoms with Crippen molar-refractivity contribution in [2.75, 3.05) is 4.72 Å². The largest absolute Gasteiger partial charge is 0.348 e. The van der Waals surface area contributed by atoms with Crippen LogP contribution in [0.25, 0.3) is 0 Å². The third kappa shape index (κ3) is 5.16. The highest BCUT2D eigenvalue weighted by Crippen LogP contribution is 2.23. The van der Waals surface area contributed by atoms with Gasteiger partial charge in [0.1, 0.15) is 0 Å². The van der Waals surface area contributed by atoms with E-state index in [0.29, 0.717) is 12.2 Å². The first-order valence-corrected chi connectivity index (χ1v) is 10.8. The summed E-state index contributed by atoms with van der Waals surface area (Å²) in [5.74, 6) is -0.439. The van der Waals surface area contributed by atoms with Gasteiger partial charge < -0.3 is 5.32 Å². The van der Waals surface area contributed by atoms with Gasteiger partial charge in [0.25, 0.3) is 15.9 Å². The van der Waals surface area contributed by atoms with E-state index >= 15 is 0 Å². The molecule has 0 bridgehead atoms. The maximum absolute atomic E-state index is 12.7. The van der Waals surface area contributed by atoms with Gasteiger partial charge in [-0.05, 0) is 60.9 Å². The molecular weight excluding hydrogens is 408 g/mol. The minimum atomic E-state index is -3.87. The number of halogens is 1. The molecule has 150 valence electrons. The number of carbonyl (C=O) groups excluding carboxylic acids is 1. The third-order valence-corrected chi connectivity index (χ3v) is 6.17. The maximum Gasteiger partial charge on any atom is 0.261 e. The molecule has 3 aromatic carbocycles. The molecule has 0 saturated heterocycles. The maximum atomic E-state index is 12.7. The van der Waals surface area contributed by atoms with Gasteiger partial charge in [0.15, 0.2) is 0 Å². The van der Waals surface area contributed by atoms with Gasteiger partial charge in [-0.25, -0.2) is 8.42 Å². The topological polar surface area (TPSA) is 75.3 Å². The highest BCUT2D eigenvalue weighted by Gasteiger charge is 2.19. The molecule has 5 nitrogen and oxygen atoms in total. The molecule has 0 atom stereocenters. The van der Waals surface area contributed by atoms with Crippen LogP contribution in [-0.2, 0) is 16.6 Å². The molecule has 2 N–H and O–H groups in total. The lowest BCUT2D eigenvalue weighted by Crippen LogP contribution is -2.24. The Labute approximate surface area is 175 Å². The number of nitrogens with one attached hydrogen (secondary N) is 2. The summed E-state index contributed by atoms with van der Waals surface area (Å²) < 4.78 is 28.0. The molecule has 0 aliphatic rings. The average Bonchev–Trinajstić information content (AvgIpc) is 2.67. The Bertz CT molecular complexity index is 1160. The lowest BCUT2D eigenvalue weighted by molar-refractivity contribution is 0.0951. The van der Waals surface area contributed by atoms with Gasteiger partial charge in [-0.1, -0.05) is 48.0 Å². The molecule has 0 aromatic heterocycles. The number of hydrogen-bond acceptors (Lipinski definition) is 3. The summed E-state index contributed by atoms with van der Waals surface area (Å²) in [5.41, 5.74) is 3.51. The van der Waals surface area contributed by atoms with E-state index in [4.69, 9.17) is 11.6 Å². The predicted octanol–water partition coefficient (Wildman–Crippen LogP) is 4.69. The number of rotatable bonds is 6. The third-order valence-electron chi connectivity index (χ3n) is 4.46. The first-order valence-electron chi connectivity index (χ1n) is 8.98. The van der Waals surface area contributed by atoms with Gasteiger partial charge in [0, 0.05) is 12.2 Å². The van der Waals surface area contributed by atoms with Crippen LogP contribution < -0.4 is 10.0 Å². The molecule has 0 saturated carbocycles. The zero-order chi connectivity index (χ0) is 21.0. The smallest absolute Gasteiger partial charge is 0.261 e. The Morgan fingerprint density at radius 2 is 1.72 bits per heavy atom. The van der Waals surface area contributed by atoms with Crippen LogP contribution in [0.4, 0.5) is 5.69 Å². The van der Waals surface area contributed by atoms with Crippen LogP contribution in [0, 0.1) is 13.8 Å². The second-order valence-corrected chi connectivity index (χ2v) is 8.82. The minimum Gasteiger partial charge on any atom is -0.348 e. The standard InChI is InChI=1S/C22H21ClN2O3S/c1-15-6-5-9-18(12-15)25-29(27,28)19-10-11-21(23)20(13-19)22(26)24-14-17-8-4-3-7-16(17)2/h3-13,25H,14H2,1-2H3,(H,24,26). The van der Waals surface area contributed by atoms with Crippen molar-refractivity contribution in [1.82, 2.24) is 5.32 Å². The van der Waals surface area contributed by atoms with Crippen molar-refractivity contribution < 1.29 is 13.2 Å². The molecule has 0 aliphatic carbocycles. The van der Waals surface area contributed by atoms with E-state index in [1.807, 2.05) is 44.2 Å². The van der Waals surface area contributed by atoms with Crippen molar-refractivity contribution in [1.29, 1.82) is 0 Å². The molecule has 0 fully saturated rings. The van der Waals surface area contributed by atoms with Crippen LogP contribution in [0.15, 0.2) is 71.6 Å². The Hall–Kier alpha value is -2.83. The molecule has 1 amide bonds. The highest BCUT2D eigenvalue weighted by molar-refractivity contribution is 7.92. The number of carbonyl (C=O) groups is 1. The van der Waals surface area contributed by atoms with Crippen molar-refractivity contribution in [3.63, 3.8) is 0 Å². The fourth-order valence-corrected chi connectivity index (χ4v) is 4.13. The van der Waals surface area contributed by atoms with E-state index in [1.165, 1.54) is 18.2 Å². The van der Waals surface area contributed by atoms with E-state index in [1.54, 1.807) is 18.2 Å². The lowest BCUT2D eigenvalue weighted by Gasteiger charge is -2.12. The molecular formula is C22H21ClN2O3S. The van der Waals surface area contributed by atoms with E-state index in [9.17, 15) is 13.2 Å². The molecule has 7 heteroatoms. The van der Waals surface area contributed by atoms with Crippen LogP contribution in [0.2, 0.25) is 5.02 Å². The fourth-order valence-electron chi connectivity index (χ4n) is 2.85. The van der Waals surface area contributed by atoms with Gasteiger partial charge in [-0.15, -0.1) is 0 Å². The Balaban J connectivity index is 1.81. The van der Waals surface area contributed by atoms with Crippen molar-refractivity contribution in [2.24, 2.45) is 0 Å². The Morgan fingerprint density at radius 1 is 0.966 bits per heavy atom. The number of amides is 1. The monoisotopic (exact) mass is 428 g/mol.